The van der Waals surface area contributed by atoms with Gasteiger partial charge >= 0.3 is 0 Å². The Labute approximate surface area is 282 Å². The van der Waals surface area contributed by atoms with Gasteiger partial charge in [-0.3, -0.25) is 14.5 Å². The third-order valence-corrected chi connectivity index (χ3v) is 9.01. The van der Waals surface area contributed by atoms with Crippen LogP contribution in [-0.4, -0.2) is 78.3 Å². The summed E-state index contributed by atoms with van der Waals surface area (Å²) >= 11 is 12.4. The van der Waals surface area contributed by atoms with Crippen LogP contribution >= 0.6 is 23.2 Å². The summed E-state index contributed by atoms with van der Waals surface area (Å²) in [5.41, 5.74) is 2.36. The first-order valence-corrected chi connectivity index (χ1v) is 16.6. The molecule has 0 aromatic heterocycles. The van der Waals surface area contributed by atoms with Crippen LogP contribution < -0.4 is 10.1 Å². The van der Waals surface area contributed by atoms with E-state index in [1.54, 1.807) is 53.4 Å². The summed E-state index contributed by atoms with van der Waals surface area (Å²) < 4.78 is 12.8. The second-order valence-corrected chi connectivity index (χ2v) is 13.1. The molecule has 2 amide bonds. The zero-order chi connectivity index (χ0) is 33.2. The summed E-state index contributed by atoms with van der Waals surface area (Å²) in [6, 6.07) is 19.2. The topological polar surface area (TPSA) is 91.3 Å². The highest BCUT2D eigenvalue weighted by molar-refractivity contribution is 6.42. The Morgan fingerprint density at radius 2 is 1.83 bits per heavy atom. The van der Waals surface area contributed by atoms with Gasteiger partial charge in [-0.2, -0.15) is 0 Å². The maximum absolute atomic E-state index is 14.3. The van der Waals surface area contributed by atoms with Gasteiger partial charge in [0.15, 0.2) is 0 Å². The van der Waals surface area contributed by atoms with Gasteiger partial charge in [-0.25, -0.2) is 0 Å². The molecule has 4 atom stereocenters. The number of ether oxygens (including phenoxy) is 2. The molecule has 4 rings (SSSR count). The minimum atomic E-state index is -0.467. The summed E-state index contributed by atoms with van der Waals surface area (Å²) in [5.74, 6) is -0.181. The van der Waals surface area contributed by atoms with E-state index in [1.165, 1.54) is 0 Å². The number of likely N-dealkylation sites (N-methyl/N-ethyl adjacent to an activating group) is 1. The molecule has 10 heteroatoms. The molecule has 0 bridgehead atoms. The molecule has 248 valence electrons. The maximum Gasteiger partial charge on any atom is 0.258 e. The number of amides is 2. The molecule has 3 aromatic carbocycles. The van der Waals surface area contributed by atoms with Crippen LogP contribution in [0.2, 0.25) is 10.0 Å². The lowest BCUT2D eigenvalue weighted by atomic mass is 10.0. The van der Waals surface area contributed by atoms with E-state index in [0.717, 1.165) is 24.8 Å². The summed E-state index contributed by atoms with van der Waals surface area (Å²) in [6.45, 7) is 7.89. The Hall–Kier alpha value is -3.14. The van der Waals surface area contributed by atoms with Crippen molar-refractivity contribution in [1.82, 2.24) is 9.80 Å². The number of carbonyl (C=O) groups is 2. The van der Waals surface area contributed by atoms with Crippen molar-refractivity contribution in [3.8, 4) is 5.75 Å². The van der Waals surface area contributed by atoms with E-state index in [4.69, 9.17) is 32.7 Å². The van der Waals surface area contributed by atoms with Gasteiger partial charge in [0.05, 0.1) is 40.5 Å². The van der Waals surface area contributed by atoms with Crippen LogP contribution in [0.4, 0.5) is 5.69 Å². The van der Waals surface area contributed by atoms with Gasteiger partial charge in [-0.15, -0.1) is 0 Å². The number of benzene rings is 3. The van der Waals surface area contributed by atoms with E-state index in [1.807, 2.05) is 39.1 Å². The molecule has 0 saturated heterocycles. The first-order chi connectivity index (χ1) is 22.0. The standard InChI is InChI=1S/C36H45Cl2N3O5/c1-24-20-41(25(2)23-42)36(44)30-19-29(39-35(43)28-11-6-5-7-12-28)14-16-33(30)46-26(3)10-8-9-17-45-34(24)22-40(4)21-27-13-15-31(37)32(38)18-27/h5-7,11-16,18-19,24-26,34,42H,8-10,17,20-23H2,1-4H3,(H,39,43)/t24-,25-,26-,34+/m0/s1. The normalized spacial score (nSPS) is 20.4. The van der Waals surface area contributed by atoms with Crippen LogP contribution in [0.25, 0.3) is 0 Å². The van der Waals surface area contributed by atoms with Crippen LogP contribution in [0.1, 0.15) is 66.3 Å². The molecule has 0 aliphatic carbocycles. The Morgan fingerprint density at radius 3 is 2.54 bits per heavy atom. The number of aliphatic hydroxyl groups is 1. The van der Waals surface area contributed by atoms with Crippen LogP contribution in [0, 0.1) is 5.92 Å². The third kappa shape index (κ3) is 9.93. The maximum atomic E-state index is 14.3. The lowest BCUT2D eigenvalue weighted by molar-refractivity contribution is -0.0177. The Kier molecular flexibility index (Phi) is 13.3. The third-order valence-electron chi connectivity index (χ3n) is 8.27. The smallest absolute Gasteiger partial charge is 0.258 e. The van der Waals surface area contributed by atoms with Gasteiger partial charge in [0.1, 0.15) is 5.75 Å². The number of nitrogens with zero attached hydrogens (tertiary/aromatic N) is 2. The average Bonchev–Trinajstić information content (AvgIpc) is 3.04. The first-order valence-electron chi connectivity index (χ1n) is 15.9. The van der Waals surface area contributed by atoms with Gasteiger partial charge in [0, 0.05) is 43.4 Å². The average molecular weight is 671 g/mol. The van der Waals surface area contributed by atoms with Gasteiger partial charge in [-0.05, 0) is 88.2 Å². The molecular formula is C36H45Cl2N3O5. The van der Waals surface area contributed by atoms with E-state index in [9.17, 15) is 14.7 Å². The van der Waals surface area contributed by atoms with Crippen molar-refractivity contribution in [2.45, 2.75) is 64.8 Å². The molecule has 8 nitrogen and oxygen atoms in total. The number of carbonyl (C=O) groups excluding carboxylic acids is 2. The molecule has 2 N–H and O–H groups in total. The molecule has 1 aliphatic heterocycles. The SMILES string of the molecule is C[C@H]1CCCCO[C@H](CN(C)Cc2ccc(Cl)c(Cl)c2)[C@@H](C)CN([C@@H](C)CO)C(=O)c2cc(NC(=O)c3ccccc3)ccc2O1. The van der Waals surface area contributed by atoms with Gasteiger partial charge in [-0.1, -0.05) is 54.4 Å². The van der Waals surface area contributed by atoms with E-state index in [2.05, 4.69) is 17.1 Å². The number of halogens is 2. The number of aliphatic hydroxyl groups excluding tert-OH is 1. The minimum absolute atomic E-state index is 0.0681. The van der Waals surface area contributed by atoms with E-state index < -0.39 is 6.04 Å². The van der Waals surface area contributed by atoms with Crippen molar-refractivity contribution in [2.75, 3.05) is 38.7 Å². The number of rotatable bonds is 8. The fraction of sp³-hybridized carbons (Fsp3) is 0.444. The monoisotopic (exact) mass is 669 g/mol. The largest absolute Gasteiger partial charge is 0.490 e. The lowest BCUT2D eigenvalue weighted by Crippen LogP contribution is -2.47. The van der Waals surface area contributed by atoms with Crippen molar-refractivity contribution >= 4 is 40.7 Å². The summed E-state index contributed by atoms with van der Waals surface area (Å²) in [7, 11) is 2.03. The highest BCUT2D eigenvalue weighted by atomic mass is 35.5. The van der Waals surface area contributed by atoms with E-state index in [-0.39, 0.29) is 36.5 Å². The highest BCUT2D eigenvalue weighted by Crippen LogP contribution is 2.29. The molecule has 1 aliphatic rings. The molecule has 46 heavy (non-hydrogen) atoms. The first kappa shape index (κ1) is 35.7. The predicted octanol–water partition coefficient (Wildman–Crippen LogP) is 7.17. The van der Waals surface area contributed by atoms with E-state index in [0.29, 0.717) is 58.9 Å². The Morgan fingerprint density at radius 1 is 1.07 bits per heavy atom. The fourth-order valence-electron chi connectivity index (χ4n) is 5.58. The molecule has 0 fully saturated rings. The molecular weight excluding hydrogens is 625 g/mol. The lowest BCUT2D eigenvalue weighted by Gasteiger charge is -2.36. The minimum Gasteiger partial charge on any atom is -0.490 e. The summed E-state index contributed by atoms with van der Waals surface area (Å²) in [6.07, 6.45) is 2.25. The van der Waals surface area contributed by atoms with Crippen molar-refractivity contribution in [2.24, 2.45) is 5.92 Å². The van der Waals surface area contributed by atoms with Gasteiger partial charge in [0.25, 0.3) is 11.8 Å². The van der Waals surface area contributed by atoms with Crippen molar-refractivity contribution in [1.29, 1.82) is 0 Å². The molecule has 1 heterocycles. The van der Waals surface area contributed by atoms with Crippen LogP contribution in [0.15, 0.2) is 66.7 Å². The summed E-state index contributed by atoms with van der Waals surface area (Å²) in [4.78, 5) is 31.1. The van der Waals surface area contributed by atoms with Crippen molar-refractivity contribution < 1.29 is 24.2 Å². The number of hydrogen-bond acceptors (Lipinski definition) is 6. The second kappa shape index (κ2) is 17.1. The van der Waals surface area contributed by atoms with Crippen LogP contribution in [0.5, 0.6) is 5.75 Å². The van der Waals surface area contributed by atoms with Crippen molar-refractivity contribution in [3.05, 3.63) is 93.5 Å². The van der Waals surface area contributed by atoms with Crippen LogP contribution in [0.3, 0.4) is 0 Å². The highest BCUT2D eigenvalue weighted by Gasteiger charge is 2.30. The van der Waals surface area contributed by atoms with Crippen molar-refractivity contribution in [3.63, 3.8) is 0 Å². The van der Waals surface area contributed by atoms with E-state index >= 15 is 0 Å². The number of nitrogens with one attached hydrogen (secondary N) is 1. The fourth-order valence-corrected chi connectivity index (χ4v) is 5.90. The summed E-state index contributed by atoms with van der Waals surface area (Å²) in [5, 5.41) is 14.2. The molecule has 0 saturated carbocycles. The Balaban J connectivity index is 1.60. The predicted molar refractivity (Wildman–Crippen MR) is 184 cm³/mol. The molecule has 0 unspecified atom stereocenters. The molecule has 0 spiro atoms. The number of fused-ring (bicyclic) bond motifs is 1. The van der Waals surface area contributed by atoms with Gasteiger partial charge < -0.3 is 24.8 Å². The molecule has 0 radical (unpaired) electrons. The van der Waals surface area contributed by atoms with Crippen LogP contribution in [-0.2, 0) is 11.3 Å². The molecule has 3 aromatic rings. The number of anilines is 1. The second-order valence-electron chi connectivity index (χ2n) is 12.3. The Bertz CT molecular complexity index is 1460. The zero-order valence-electron chi connectivity index (χ0n) is 27.0. The number of hydrogen-bond donors (Lipinski definition) is 2. The zero-order valence-corrected chi connectivity index (χ0v) is 28.6. The van der Waals surface area contributed by atoms with Gasteiger partial charge in [0.2, 0.25) is 0 Å². The quantitative estimate of drug-likeness (QED) is 0.264.